The molecule has 0 N–H and O–H groups in total. The molecule has 0 bridgehead atoms. The minimum atomic E-state index is -1.86. The van der Waals surface area contributed by atoms with Crippen molar-refractivity contribution in [3.05, 3.63) is 11.6 Å². The number of nitrogens with zero attached hydrogens (tertiary/aromatic N) is 1. The van der Waals surface area contributed by atoms with Gasteiger partial charge in [-0.15, -0.1) is 11.8 Å². The second-order valence-corrected chi connectivity index (χ2v) is 10.2. The molecule has 0 aromatic carbocycles. The van der Waals surface area contributed by atoms with Crippen LogP contribution >= 0.6 is 11.8 Å². The van der Waals surface area contributed by atoms with Gasteiger partial charge in [-0.1, -0.05) is 32.6 Å². The summed E-state index contributed by atoms with van der Waals surface area (Å²) in [7, 11) is -1.86. The van der Waals surface area contributed by atoms with Gasteiger partial charge in [0.25, 0.3) is 0 Å². The summed E-state index contributed by atoms with van der Waals surface area (Å²) in [4.78, 5) is 16.0. The molecule has 1 heterocycles. The van der Waals surface area contributed by atoms with Crippen LogP contribution in [0.15, 0.2) is 16.6 Å². The highest BCUT2D eigenvalue weighted by atomic mass is 32.2. The molecule has 0 saturated carbocycles. The quantitative estimate of drug-likeness (QED) is 0.525. The monoisotopic (exact) mass is 285 g/mol. The summed E-state index contributed by atoms with van der Waals surface area (Å²) in [5.41, 5.74) is 0.552. The van der Waals surface area contributed by atoms with Crippen LogP contribution in [-0.2, 0) is 9.22 Å². The molecule has 0 saturated heterocycles. The first-order valence-corrected chi connectivity index (χ1v) is 10.8. The van der Waals surface area contributed by atoms with E-state index in [2.05, 4.69) is 25.0 Å². The second kappa shape index (κ2) is 7.79. The fraction of sp³-hybridized carbons (Fsp3) is 0.692. The van der Waals surface area contributed by atoms with Gasteiger partial charge in [-0.2, -0.15) is 0 Å². The minimum Gasteiger partial charge on any atom is -0.515 e. The molecule has 18 heavy (non-hydrogen) atoms. The molecule has 1 aliphatic rings. The van der Waals surface area contributed by atoms with E-state index in [0.717, 1.165) is 6.04 Å². The van der Waals surface area contributed by atoms with E-state index in [1.165, 1.54) is 25.7 Å². The summed E-state index contributed by atoms with van der Waals surface area (Å²) >= 11 is 1.59. The summed E-state index contributed by atoms with van der Waals surface area (Å²) < 4.78 is 5.68. The predicted molar refractivity (Wildman–Crippen MR) is 81.6 cm³/mol. The summed E-state index contributed by atoms with van der Waals surface area (Å²) in [6.45, 7) is 6.43. The molecule has 0 fully saturated rings. The Morgan fingerprint density at radius 2 is 2.22 bits per heavy atom. The van der Waals surface area contributed by atoms with Crippen molar-refractivity contribution in [2.75, 3.05) is 5.75 Å². The van der Waals surface area contributed by atoms with Gasteiger partial charge < -0.3 is 4.43 Å². The lowest BCUT2D eigenvalue weighted by molar-refractivity contribution is -0.127. The molecule has 5 heteroatoms. The minimum absolute atomic E-state index is 0.209. The Morgan fingerprint density at radius 1 is 1.44 bits per heavy atom. The molecule has 3 nitrogen and oxygen atoms in total. The van der Waals surface area contributed by atoms with Crippen molar-refractivity contribution < 1.29 is 9.22 Å². The number of carbonyl (C=O) groups excluding carboxylic acids is 1. The number of rotatable bonds is 7. The van der Waals surface area contributed by atoms with E-state index in [-0.39, 0.29) is 5.97 Å². The Labute approximate surface area is 115 Å². The first-order valence-electron chi connectivity index (χ1n) is 6.62. The van der Waals surface area contributed by atoms with Crippen LogP contribution < -0.4 is 0 Å². The van der Waals surface area contributed by atoms with Crippen LogP contribution in [0, 0.1) is 0 Å². The molecular weight excluding hydrogens is 262 g/mol. The number of hydrogen-bond acceptors (Lipinski definition) is 4. The third-order valence-corrected chi connectivity index (χ3v) is 5.89. The Hall–Kier alpha value is -0.553. The average Bonchev–Trinajstić information content (AvgIpc) is 2.35. The third-order valence-electron chi connectivity index (χ3n) is 2.84. The lowest BCUT2D eigenvalue weighted by atomic mass is 10.2. The number of carbonyl (C=O) groups is 1. The van der Waals surface area contributed by atoms with Crippen molar-refractivity contribution in [3.8, 4) is 0 Å². The number of unbranched alkanes of at least 4 members (excludes halogenated alkanes) is 3. The SMILES string of the molecule is CCCCCC[Si](C)(C)OC(=O)C1=NC=CSC1. The molecule has 1 aliphatic heterocycles. The molecule has 0 atom stereocenters. The fourth-order valence-corrected chi connectivity index (χ4v) is 4.19. The van der Waals surface area contributed by atoms with E-state index in [9.17, 15) is 4.79 Å². The number of hydrogen-bond donors (Lipinski definition) is 0. The summed E-state index contributed by atoms with van der Waals surface area (Å²) in [6.07, 6.45) is 6.58. The highest BCUT2D eigenvalue weighted by Crippen LogP contribution is 2.18. The van der Waals surface area contributed by atoms with Gasteiger partial charge in [-0.3, -0.25) is 4.99 Å². The third kappa shape index (κ3) is 5.86. The second-order valence-electron chi connectivity index (χ2n) is 5.13. The molecule has 0 aromatic rings. The highest BCUT2D eigenvalue weighted by Gasteiger charge is 2.28. The van der Waals surface area contributed by atoms with Crippen LogP contribution in [0.25, 0.3) is 0 Å². The summed E-state index contributed by atoms with van der Waals surface area (Å²) in [6, 6.07) is 1.05. The van der Waals surface area contributed by atoms with E-state index in [1.54, 1.807) is 18.0 Å². The molecule has 0 radical (unpaired) electrons. The van der Waals surface area contributed by atoms with Gasteiger partial charge >= 0.3 is 5.97 Å². The summed E-state index contributed by atoms with van der Waals surface area (Å²) in [5.74, 6) is 0.425. The van der Waals surface area contributed by atoms with Crippen molar-refractivity contribution in [2.24, 2.45) is 4.99 Å². The van der Waals surface area contributed by atoms with Crippen LogP contribution in [-0.4, -0.2) is 25.8 Å². The predicted octanol–water partition coefficient (Wildman–Crippen LogP) is 3.97. The van der Waals surface area contributed by atoms with Crippen LogP contribution in [0.5, 0.6) is 0 Å². The fourth-order valence-electron chi connectivity index (χ4n) is 1.78. The zero-order valence-electron chi connectivity index (χ0n) is 11.6. The highest BCUT2D eigenvalue weighted by molar-refractivity contribution is 8.02. The van der Waals surface area contributed by atoms with E-state index in [4.69, 9.17) is 4.43 Å². The van der Waals surface area contributed by atoms with Gasteiger partial charge in [0, 0.05) is 12.0 Å². The zero-order chi connectivity index (χ0) is 13.4. The Bertz CT molecular complexity index is 340. The largest absolute Gasteiger partial charge is 0.515 e. The molecule has 0 amide bonds. The van der Waals surface area contributed by atoms with E-state index < -0.39 is 8.32 Å². The molecule has 102 valence electrons. The van der Waals surface area contributed by atoms with Gasteiger partial charge in [0.15, 0.2) is 0 Å². The molecule has 0 aromatic heterocycles. The molecular formula is C13H23NO2SSi. The average molecular weight is 285 g/mol. The molecule has 0 unspecified atom stereocenters. The maximum Gasteiger partial charge on any atom is 0.340 e. The molecule has 1 rings (SSSR count). The first-order chi connectivity index (χ1) is 8.55. The van der Waals surface area contributed by atoms with Crippen LogP contribution in [0.3, 0.4) is 0 Å². The lowest BCUT2D eigenvalue weighted by Crippen LogP contribution is -2.37. The first kappa shape index (κ1) is 15.5. The van der Waals surface area contributed by atoms with Gasteiger partial charge in [0.2, 0.25) is 8.32 Å². The Balaban J connectivity index is 2.36. The van der Waals surface area contributed by atoms with Crippen molar-refractivity contribution in [2.45, 2.75) is 51.7 Å². The van der Waals surface area contributed by atoms with Gasteiger partial charge in [-0.25, -0.2) is 4.79 Å². The standard InChI is InChI=1S/C13H23NO2SSi/c1-4-5-6-7-10-18(2,3)16-13(15)12-11-17-9-8-14-12/h8-9H,4-7,10-11H2,1-3H3. The topological polar surface area (TPSA) is 38.7 Å². The van der Waals surface area contributed by atoms with E-state index in [1.807, 2.05) is 5.41 Å². The van der Waals surface area contributed by atoms with E-state index in [0.29, 0.717) is 11.5 Å². The van der Waals surface area contributed by atoms with Crippen LogP contribution in [0.4, 0.5) is 0 Å². The van der Waals surface area contributed by atoms with Crippen LogP contribution in [0.2, 0.25) is 19.1 Å². The normalized spacial score (nSPS) is 15.4. The van der Waals surface area contributed by atoms with Gasteiger partial charge in [-0.05, 0) is 24.5 Å². The zero-order valence-corrected chi connectivity index (χ0v) is 13.4. The number of aliphatic imine (C=N–C) groups is 1. The van der Waals surface area contributed by atoms with Crippen molar-refractivity contribution in [1.82, 2.24) is 0 Å². The number of thioether (sulfide) groups is 1. The summed E-state index contributed by atoms with van der Waals surface area (Å²) in [5, 5.41) is 1.89. The Morgan fingerprint density at radius 3 is 2.83 bits per heavy atom. The van der Waals surface area contributed by atoms with Crippen molar-refractivity contribution in [1.29, 1.82) is 0 Å². The smallest absolute Gasteiger partial charge is 0.340 e. The molecule has 0 aliphatic carbocycles. The van der Waals surface area contributed by atoms with Crippen molar-refractivity contribution in [3.63, 3.8) is 0 Å². The van der Waals surface area contributed by atoms with Crippen molar-refractivity contribution >= 4 is 31.8 Å². The van der Waals surface area contributed by atoms with Gasteiger partial charge in [0.05, 0.1) is 0 Å². The maximum atomic E-state index is 11.9. The van der Waals surface area contributed by atoms with Crippen LogP contribution in [0.1, 0.15) is 32.6 Å². The lowest BCUT2D eigenvalue weighted by Gasteiger charge is -2.23. The molecule has 0 spiro atoms. The van der Waals surface area contributed by atoms with Gasteiger partial charge in [0.1, 0.15) is 5.71 Å². The maximum absolute atomic E-state index is 11.9. The Kier molecular flexibility index (Phi) is 6.71. The van der Waals surface area contributed by atoms with E-state index >= 15 is 0 Å².